The van der Waals surface area contributed by atoms with Crippen LogP contribution in [0.5, 0.6) is 11.5 Å². The number of benzene rings is 2. The van der Waals surface area contributed by atoms with Crippen LogP contribution < -0.4 is 19.7 Å². The van der Waals surface area contributed by atoms with E-state index in [4.69, 9.17) is 9.47 Å². The van der Waals surface area contributed by atoms with Crippen molar-refractivity contribution < 1.29 is 14.3 Å². The van der Waals surface area contributed by atoms with E-state index < -0.39 is 0 Å². The van der Waals surface area contributed by atoms with Crippen molar-refractivity contribution in [3.63, 3.8) is 0 Å². The Kier molecular flexibility index (Phi) is 4.80. The summed E-state index contributed by atoms with van der Waals surface area (Å²) >= 11 is 0. The normalized spacial score (nSPS) is 12.4. The first-order valence-corrected chi connectivity index (χ1v) is 8.91. The van der Waals surface area contributed by atoms with Crippen LogP contribution in [0.3, 0.4) is 0 Å². The molecule has 0 unspecified atom stereocenters. The van der Waals surface area contributed by atoms with Crippen molar-refractivity contribution in [2.75, 3.05) is 31.0 Å². The van der Waals surface area contributed by atoms with Crippen molar-refractivity contribution >= 4 is 23.2 Å². The number of methoxy groups -OCH3 is 2. The number of ether oxygens (including phenoxy) is 2. The van der Waals surface area contributed by atoms with Crippen LogP contribution in [0.25, 0.3) is 0 Å². The van der Waals surface area contributed by atoms with Crippen LogP contribution in [0, 0.1) is 0 Å². The first-order valence-electron chi connectivity index (χ1n) is 8.91. The van der Waals surface area contributed by atoms with Gasteiger partial charge in [-0.15, -0.1) is 10.2 Å². The minimum absolute atomic E-state index is 0.314. The molecule has 1 aliphatic rings. The van der Waals surface area contributed by atoms with Crippen molar-refractivity contribution in [2.45, 2.75) is 6.42 Å². The third-order valence-electron chi connectivity index (χ3n) is 4.67. The summed E-state index contributed by atoms with van der Waals surface area (Å²) in [6.07, 6.45) is 0.980. The van der Waals surface area contributed by atoms with Crippen molar-refractivity contribution in [2.24, 2.45) is 0 Å². The highest BCUT2D eigenvalue weighted by Gasteiger charge is 2.21. The van der Waals surface area contributed by atoms with Crippen molar-refractivity contribution in [1.82, 2.24) is 10.2 Å². The Morgan fingerprint density at radius 2 is 1.75 bits per heavy atom. The van der Waals surface area contributed by atoms with Gasteiger partial charge in [0, 0.05) is 23.9 Å². The quantitative estimate of drug-likeness (QED) is 0.735. The van der Waals surface area contributed by atoms with E-state index in [1.54, 1.807) is 24.3 Å². The van der Waals surface area contributed by atoms with Gasteiger partial charge >= 0.3 is 0 Å². The Hall–Kier alpha value is -3.61. The molecule has 1 amide bonds. The summed E-state index contributed by atoms with van der Waals surface area (Å²) in [6, 6.07) is 16.9. The summed E-state index contributed by atoms with van der Waals surface area (Å²) in [5.41, 5.74) is 2.86. The molecule has 1 N–H and O–H groups in total. The maximum atomic E-state index is 12.6. The zero-order valence-corrected chi connectivity index (χ0v) is 15.7. The van der Waals surface area contributed by atoms with E-state index in [2.05, 4.69) is 32.5 Å². The molecule has 0 fully saturated rings. The summed E-state index contributed by atoms with van der Waals surface area (Å²) in [7, 11) is 3.08. The lowest BCUT2D eigenvalue weighted by Crippen LogP contribution is -2.17. The minimum Gasteiger partial charge on any atom is -0.497 e. The molecule has 0 atom stereocenters. The van der Waals surface area contributed by atoms with Crippen LogP contribution in [-0.2, 0) is 6.42 Å². The predicted molar refractivity (Wildman–Crippen MR) is 107 cm³/mol. The fourth-order valence-electron chi connectivity index (χ4n) is 3.24. The lowest BCUT2D eigenvalue weighted by Gasteiger charge is -2.17. The average molecular weight is 376 g/mol. The molecule has 0 radical (unpaired) electrons. The van der Waals surface area contributed by atoms with Gasteiger partial charge in [0.05, 0.1) is 14.2 Å². The van der Waals surface area contributed by atoms with Gasteiger partial charge < -0.3 is 19.7 Å². The van der Waals surface area contributed by atoms with Crippen molar-refractivity contribution in [1.29, 1.82) is 0 Å². The van der Waals surface area contributed by atoms with Crippen LogP contribution in [0.2, 0.25) is 0 Å². The van der Waals surface area contributed by atoms with Gasteiger partial charge in [-0.1, -0.05) is 18.2 Å². The van der Waals surface area contributed by atoms with E-state index in [9.17, 15) is 4.79 Å². The lowest BCUT2D eigenvalue weighted by molar-refractivity contribution is 0.102. The number of anilines is 3. The second-order valence-corrected chi connectivity index (χ2v) is 6.36. The van der Waals surface area contributed by atoms with Gasteiger partial charge in [0.2, 0.25) is 0 Å². The zero-order chi connectivity index (χ0) is 19.5. The second-order valence-electron chi connectivity index (χ2n) is 6.36. The number of rotatable bonds is 5. The molecule has 3 aromatic rings. The number of carbonyl (C=O) groups excluding carboxylic acids is 1. The molecule has 28 heavy (non-hydrogen) atoms. The topological polar surface area (TPSA) is 76.6 Å². The molecule has 7 heteroatoms. The molecule has 0 saturated carbocycles. The van der Waals surface area contributed by atoms with Crippen LogP contribution in [0.1, 0.15) is 15.9 Å². The monoisotopic (exact) mass is 376 g/mol. The van der Waals surface area contributed by atoms with Gasteiger partial charge in [0.1, 0.15) is 11.5 Å². The number of aromatic nitrogens is 2. The Morgan fingerprint density at radius 1 is 1.00 bits per heavy atom. The molecule has 0 saturated heterocycles. The van der Waals surface area contributed by atoms with Crippen molar-refractivity contribution in [3.8, 4) is 11.5 Å². The Balaban J connectivity index is 1.50. The Labute approximate surface area is 162 Å². The van der Waals surface area contributed by atoms with Crippen LogP contribution >= 0.6 is 0 Å². The van der Waals surface area contributed by atoms with E-state index in [0.717, 1.165) is 24.5 Å². The number of fused-ring (bicyclic) bond motifs is 1. The fourth-order valence-corrected chi connectivity index (χ4v) is 3.24. The van der Waals surface area contributed by atoms with E-state index in [1.165, 1.54) is 19.8 Å². The van der Waals surface area contributed by atoms with Gasteiger partial charge in [-0.25, -0.2) is 0 Å². The molecule has 4 rings (SSSR count). The predicted octanol–water partition coefficient (Wildman–Crippen LogP) is 3.44. The molecule has 2 heterocycles. The number of nitrogens with one attached hydrogen (secondary N) is 1. The molecule has 2 aromatic carbocycles. The third-order valence-corrected chi connectivity index (χ3v) is 4.67. The Morgan fingerprint density at radius 3 is 2.43 bits per heavy atom. The summed E-state index contributed by atoms with van der Waals surface area (Å²) in [4.78, 5) is 14.7. The van der Waals surface area contributed by atoms with Crippen LogP contribution in [0.15, 0.2) is 54.6 Å². The summed E-state index contributed by atoms with van der Waals surface area (Å²) < 4.78 is 10.4. The summed E-state index contributed by atoms with van der Waals surface area (Å²) in [5, 5.41) is 11.2. The highest BCUT2D eigenvalue weighted by Crippen LogP contribution is 2.33. The standard InChI is InChI=1S/C21H20N4O3/c1-27-16-11-15(12-17(13-16)28-2)21(26)22-19-7-8-20(24-23-19)25-10-9-14-5-3-4-6-18(14)25/h3-8,11-13H,9-10H2,1-2H3,(H,22,23,26). The van der Waals surface area contributed by atoms with E-state index >= 15 is 0 Å². The molecular formula is C21H20N4O3. The number of amides is 1. The van der Waals surface area contributed by atoms with Gasteiger partial charge in [0.15, 0.2) is 11.6 Å². The van der Waals surface area contributed by atoms with E-state index in [0.29, 0.717) is 22.9 Å². The van der Waals surface area contributed by atoms with Crippen LogP contribution in [-0.4, -0.2) is 36.9 Å². The third kappa shape index (κ3) is 3.46. The maximum absolute atomic E-state index is 12.6. The molecule has 1 aromatic heterocycles. The average Bonchev–Trinajstić information content (AvgIpc) is 3.18. The summed E-state index contributed by atoms with van der Waals surface area (Å²) in [5.74, 6) is 1.90. The molecule has 7 nitrogen and oxygen atoms in total. The number of nitrogens with zero attached hydrogens (tertiary/aromatic N) is 3. The van der Waals surface area contributed by atoms with E-state index in [1.807, 2.05) is 18.2 Å². The van der Waals surface area contributed by atoms with Gasteiger partial charge in [0.25, 0.3) is 5.91 Å². The molecule has 1 aliphatic heterocycles. The van der Waals surface area contributed by atoms with Gasteiger partial charge in [-0.2, -0.15) is 0 Å². The largest absolute Gasteiger partial charge is 0.497 e. The van der Waals surface area contributed by atoms with Gasteiger partial charge in [-0.3, -0.25) is 4.79 Å². The Bertz CT molecular complexity index is 983. The minimum atomic E-state index is -0.314. The molecule has 0 aliphatic carbocycles. The van der Waals surface area contributed by atoms with Crippen molar-refractivity contribution in [3.05, 3.63) is 65.7 Å². The maximum Gasteiger partial charge on any atom is 0.257 e. The smallest absolute Gasteiger partial charge is 0.257 e. The van der Waals surface area contributed by atoms with Gasteiger partial charge in [-0.05, 0) is 42.3 Å². The molecular weight excluding hydrogens is 356 g/mol. The SMILES string of the molecule is COc1cc(OC)cc(C(=O)Nc2ccc(N3CCc4ccccc43)nn2)c1. The second kappa shape index (κ2) is 7.56. The molecule has 142 valence electrons. The lowest BCUT2D eigenvalue weighted by atomic mass is 10.2. The summed E-state index contributed by atoms with van der Waals surface area (Å²) in [6.45, 7) is 0.864. The number of hydrogen-bond donors (Lipinski definition) is 1. The zero-order valence-electron chi connectivity index (χ0n) is 15.7. The highest BCUT2D eigenvalue weighted by molar-refractivity contribution is 6.04. The first kappa shape index (κ1) is 17.8. The van der Waals surface area contributed by atoms with E-state index in [-0.39, 0.29) is 5.91 Å². The highest BCUT2D eigenvalue weighted by atomic mass is 16.5. The molecule has 0 bridgehead atoms. The fraction of sp³-hybridized carbons (Fsp3) is 0.190. The number of carbonyl (C=O) groups is 1. The first-order chi connectivity index (χ1) is 13.7. The van der Waals surface area contributed by atoms with Crippen LogP contribution in [0.4, 0.5) is 17.3 Å². The number of hydrogen-bond acceptors (Lipinski definition) is 6. The molecule has 0 spiro atoms. The number of para-hydroxylation sites is 1.